The van der Waals surface area contributed by atoms with Crippen molar-refractivity contribution in [2.75, 3.05) is 40.4 Å². The third kappa shape index (κ3) is 19.2. The van der Waals surface area contributed by atoms with E-state index in [0.717, 1.165) is 30.3 Å². The second kappa shape index (κ2) is 17.0. The highest BCUT2D eigenvalue weighted by molar-refractivity contribution is 7.45. The number of hydrogen-bond donors (Lipinski definition) is 0. The molecule has 0 heterocycles. The van der Waals surface area contributed by atoms with Crippen LogP contribution in [0.1, 0.15) is 97.3 Å². The molecule has 0 amide bonds. The van der Waals surface area contributed by atoms with Crippen LogP contribution >= 0.6 is 7.82 Å². The summed E-state index contributed by atoms with van der Waals surface area (Å²) in [4.78, 5) is 11.8. The van der Waals surface area contributed by atoms with Gasteiger partial charge in [-0.3, -0.25) is 4.57 Å². The summed E-state index contributed by atoms with van der Waals surface area (Å²) in [6.45, 7) is 6.59. The number of likely N-dealkylation sites (N-methyl/N-ethyl adjacent to an activating group) is 1. The van der Waals surface area contributed by atoms with Crippen molar-refractivity contribution in [3.05, 3.63) is 0 Å². The lowest BCUT2D eigenvalue weighted by Crippen LogP contribution is -2.43. The summed E-state index contributed by atoms with van der Waals surface area (Å²) in [5.41, 5.74) is 0. The molecule has 0 radical (unpaired) electrons. The second-order valence-corrected chi connectivity index (χ2v) is 9.80. The van der Waals surface area contributed by atoms with Crippen molar-refractivity contribution in [2.45, 2.75) is 97.3 Å². The normalized spacial score (nSPS) is 14.4. The summed E-state index contributed by atoms with van der Waals surface area (Å²) in [7, 11) is 0.117. The zero-order valence-electron chi connectivity index (χ0n) is 18.5. The maximum atomic E-state index is 11.8. The molecular formula is C21H46NO4P. The first-order chi connectivity index (χ1) is 12.8. The van der Waals surface area contributed by atoms with Gasteiger partial charge < -0.3 is 18.4 Å². The van der Waals surface area contributed by atoms with E-state index in [4.69, 9.17) is 9.05 Å². The van der Waals surface area contributed by atoms with Crippen LogP contribution in [0.3, 0.4) is 0 Å². The molecule has 6 heteroatoms. The first kappa shape index (κ1) is 27.1. The summed E-state index contributed by atoms with van der Waals surface area (Å²) in [6, 6.07) is 0. The molecule has 0 aliphatic carbocycles. The molecule has 1 unspecified atom stereocenters. The van der Waals surface area contributed by atoms with E-state index in [1.54, 1.807) is 0 Å². The minimum absolute atomic E-state index is 0.195. The average molecular weight is 408 g/mol. The Balaban J connectivity index is 3.70. The van der Waals surface area contributed by atoms with E-state index < -0.39 is 7.82 Å². The Kier molecular flexibility index (Phi) is 17.0. The maximum absolute atomic E-state index is 11.8. The molecule has 0 aliphatic rings. The molecule has 0 aromatic rings. The number of quaternary nitrogens is 1. The fourth-order valence-corrected chi connectivity index (χ4v) is 3.84. The minimum Gasteiger partial charge on any atom is -0.756 e. The van der Waals surface area contributed by atoms with Crippen LogP contribution in [0.2, 0.25) is 0 Å². The van der Waals surface area contributed by atoms with Gasteiger partial charge >= 0.3 is 0 Å². The third-order valence-electron chi connectivity index (χ3n) is 5.06. The van der Waals surface area contributed by atoms with E-state index in [9.17, 15) is 9.46 Å². The van der Waals surface area contributed by atoms with Crippen LogP contribution in [0.4, 0.5) is 0 Å². The lowest BCUT2D eigenvalue weighted by molar-refractivity contribution is -0.890. The predicted octanol–water partition coefficient (Wildman–Crippen LogP) is 5.68. The van der Waals surface area contributed by atoms with E-state index in [1.165, 1.54) is 64.2 Å². The smallest absolute Gasteiger partial charge is 0.268 e. The molecule has 0 N–H and O–H groups in total. The van der Waals surface area contributed by atoms with Gasteiger partial charge in [0.25, 0.3) is 7.82 Å². The third-order valence-corrected chi connectivity index (χ3v) is 6.06. The molecule has 0 fully saturated rings. The molecule has 0 spiro atoms. The van der Waals surface area contributed by atoms with Gasteiger partial charge in [0.05, 0.1) is 27.2 Å². The molecule has 0 aliphatic heterocycles. The van der Waals surface area contributed by atoms with Crippen molar-refractivity contribution in [3.8, 4) is 0 Å². The van der Waals surface area contributed by atoms with Crippen LogP contribution in [0.5, 0.6) is 0 Å². The fourth-order valence-electron chi connectivity index (χ4n) is 3.10. The van der Waals surface area contributed by atoms with E-state index >= 15 is 0 Å². The number of phosphoric ester groups is 1. The highest BCUT2D eigenvalue weighted by Crippen LogP contribution is 2.38. The van der Waals surface area contributed by atoms with Gasteiger partial charge in [0.1, 0.15) is 13.2 Å². The lowest BCUT2D eigenvalue weighted by Gasteiger charge is -2.31. The van der Waals surface area contributed by atoms with Gasteiger partial charge in [-0.05, 0) is 19.3 Å². The van der Waals surface area contributed by atoms with Crippen molar-refractivity contribution >= 4 is 7.82 Å². The van der Waals surface area contributed by atoms with Crippen molar-refractivity contribution in [3.63, 3.8) is 0 Å². The average Bonchev–Trinajstić information content (AvgIpc) is 2.59. The number of hydrogen-bond acceptors (Lipinski definition) is 4. The van der Waals surface area contributed by atoms with Gasteiger partial charge in [-0.2, -0.15) is 0 Å². The molecule has 0 saturated carbocycles. The van der Waals surface area contributed by atoms with Gasteiger partial charge in [-0.1, -0.05) is 78.1 Å². The van der Waals surface area contributed by atoms with Gasteiger partial charge in [-0.15, -0.1) is 0 Å². The Morgan fingerprint density at radius 1 is 0.667 bits per heavy atom. The molecular weight excluding hydrogens is 361 g/mol. The Hall–Kier alpha value is 0.0700. The first-order valence-electron chi connectivity index (χ1n) is 11.2. The number of unbranched alkanes of at least 4 members (excludes halogenated alkanes) is 11. The van der Waals surface area contributed by atoms with Gasteiger partial charge in [0.15, 0.2) is 0 Å². The van der Waals surface area contributed by atoms with E-state index in [0.29, 0.717) is 6.54 Å². The molecule has 27 heavy (non-hydrogen) atoms. The van der Waals surface area contributed by atoms with Gasteiger partial charge in [-0.25, -0.2) is 0 Å². The van der Waals surface area contributed by atoms with E-state index in [1.807, 2.05) is 0 Å². The van der Waals surface area contributed by atoms with E-state index in [-0.39, 0.29) is 13.2 Å². The predicted molar refractivity (Wildman–Crippen MR) is 113 cm³/mol. The molecule has 0 aromatic carbocycles. The molecule has 0 rings (SSSR count). The van der Waals surface area contributed by atoms with E-state index in [2.05, 4.69) is 27.9 Å². The van der Waals surface area contributed by atoms with Gasteiger partial charge in [0, 0.05) is 0 Å². The Bertz CT molecular complexity index is 377. The van der Waals surface area contributed by atoms with Crippen LogP contribution in [-0.4, -0.2) is 44.9 Å². The molecule has 5 nitrogen and oxygen atoms in total. The van der Waals surface area contributed by atoms with Crippen LogP contribution in [0.15, 0.2) is 0 Å². The minimum atomic E-state index is -4.15. The van der Waals surface area contributed by atoms with Crippen molar-refractivity contribution in [1.29, 1.82) is 0 Å². The highest BCUT2D eigenvalue weighted by Gasteiger charge is 2.17. The SMILES string of the molecule is CCCCCCCCC[N+](C)(C)CCOP(=O)([O-])OCCCCCCCC. The molecule has 1 atom stereocenters. The van der Waals surface area contributed by atoms with Crippen LogP contribution in [-0.2, 0) is 13.6 Å². The standard InChI is InChI=1S/C21H46NO4P/c1-5-7-9-11-13-14-16-18-22(3,4)19-21-26-27(23,24)25-20-17-15-12-10-8-6-2/h5-21H2,1-4H3. The summed E-state index contributed by atoms with van der Waals surface area (Å²) in [6.07, 6.45) is 15.7. The Labute approximate surface area is 169 Å². The summed E-state index contributed by atoms with van der Waals surface area (Å²) >= 11 is 0. The summed E-state index contributed by atoms with van der Waals surface area (Å²) in [5.74, 6) is 0. The number of nitrogens with zero attached hydrogens (tertiary/aromatic N) is 1. The molecule has 0 bridgehead atoms. The van der Waals surface area contributed by atoms with Crippen LogP contribution < -0.4 is 4.89 Å². The summed E-state index contributed by atoms with van der Waals surface area (Å²) < 4.78 is 22.6. The monoisotopic (exact) mass is 407 g/mol. The van der Waals surface area contributed by atoms with Gasteiger partial charge in [0.2, 0.25) is 0 Å². The first-order valence-corrected chi connectivity index (χ1v) is 12.7. The molecule has 0 saturated heterocycles. The fraction of sp³-hybridized carbons (Fsp3) is 1.00. The van der Waals surface area contributed by atoms with Crippen LogP contribution in [0.25, 0.3) is 0 Å². The maximum Gasteiger partial charge on any atom is 0.268 e. The molecule has 0 aromatic heterocycles. The lowest BCUT2D eigenvalue weighted by atomic mass is 10.1. The number of rotatable bonds is 20. The zero-order valence-corrected chi connectivity index (χ0v) is 19.4. The molecule has 164 valence electrons. The Morgan fingerprint density at radius 2 is 1.11 bits per heavy atom. The highest BCUT2D eigenvalue weighted by atomic mass is 31.2. The largest absolute Gasteiger partial charge is 0.756 e. The number of phosphoric acid groups is 1. The quantitative estimate of drug-likeness (QED) is 0.148. The summed E-state index contributed by atoms with van der Waals surface area (Å²) in [5, 5.41) is 0. The Morgan fingerprint density at radius 3 is 1.67 bits per heavy atom. The van der Waals surface area contributed by atoms with Crippen molar-refractivity contribution in [1.82, 2.24) is 0 Å². The second-order valence-electron chi connectivity index (χ2n) is 8.39. The van der Waals surface area contributed by atoms with Crippen molar-refractivity contribution < 1.29 is 23.0 Å². The zero-order chi connectivity index (χ0) is 20.4. The van der Waals surface area contributed by atoms with Crippen LogP contribution in [0, 0.1) is 0 Å². The van der Waals surface area contributed by atoms with Crippen molar-refractivity contribution in [2.24, 2.45) is 0 Å². The topological polar surface area (TPSA) is 58.6 Å².